The van der Waals surface area contributed by atoms with Crippen LogP contribution in [0.1, 0.15) is 0 Å². The van der Waals surface area contributed by atoms with Gasteiger partial charge >= 0.3 is 0 Å². The van der Waals surface area contributed by atoms with Crippen LogP contribution >= 0.6 is 50.1 Å². The standard InChI is InChI=1S/C9H3BrClFIN/c10-5-1-2-7-4(8(5)12)3-6(13)9(11)14-7/h1-3H. The van der Waals surface area contributed by atoms with Crippen molar-refractivity contribution in [3.63, 3.8) is 0 Å². The molecule has 0 radical (unpaired) electrons. The number of pyridine rings is 1. The molecule has 1 aromatic heterocycles. The summed E-state index contributed by atoms with van der Waals surface area (Å²) >= 11 is 11.0. The van der Waals surface area contributed by atoms with Gasteiger partial charge < -0.3 is 0 Å². The highest BCUT2D eigenvalue weighted by molar-refractivity contribution is 14.1. The lowest BCUT2D eigenvalue weighted by molar-refractivity contribution is 0.633. The predicted molar refractivity (Wildman–Crippen MR) is 67.1 cm³/mol. The molecule has 2 aromatic rings. The van der Waals surface area contributed by atoms with Crippen LogP contribution in [0.25, 0.3) is 10.9 Å². The highest BCUT2D eigenvalue weighted by Crippen LogP contribution is 2.27. The van der Waals surface area contributed by atoms with Gasteiger partial charge in [-0.15, -0.1) is 0 Å². The summed E-state index contributed by atoms with van der Waals surface area (Å²) in [5, 5.41) is 0.882. The van der Waals surface area contributed by atoms with Gasteiger partial charge in [0.05, 0.1) is 13.6 Å². The fraction of sp³-hybridized carbons (Fsp3) is 0. The van der Waals surface area contributed by atoms with Gasteiger partial charge in [-0.2, -0.15) is 0 Å². The number of halogens is 4. The fourth-order valence-electron chi connectivity index (χ4n) is 1.14. The zero-order valence-electron chi connectivity index (χ0n) is 6.69. The molecule has 0 unspecified atom stereocenters. The molecule has 0 aliphatic carbocycles. The Bertz CT molecular complexity index is 518. The van der Waals surface area contributed by atoms with Crippen LogP contribution < -0.4 is 0 Å². The summed E-state index contributed by atoms with van der Waals surface area (Å²) in [6.07, 6.45) is 0. The molecule has 0 aliphatic heterocycles. The Morgan fingerprint density at radius 1 is 1.43 bits per heavy atom. The van der Waals surface area contributed by atoms with Crippen LogP contribution in [0.5, 0.6) is 0 Å². The molecular formula is C9H3BrClFIN. The lowest BCUT2D eigenvalue weighted by Gasteiger charge is -2.02. The van der Waals surface area contributed by atoms with Gasteiger partial charge in [0, 0.05) is 5.39 Å². The monoisotopic (exact) mass is 385 g/mol. The molecule has 72 valence electrons. The summed E-state index contributed by atoms with van der Waals surface area (Å²) in [5.41, 5.74) is 0.566. The second-order valence-corrected chi connectivity index (χ2v) is 5.06. The third-order valence-corrected chi connectivity index (χ3v) is 3.84. The molecular weight excluding hydrogens is 383 g/mol. The first kappa shape index (κ1) is 10.6. The maximum absolute atomic E-state index is 13.6. The van der Waals surface area contributed by atoms with Crippen molar-refractivity contribution < 1.29 is 4.39 Å². The molecule has 0 saturated carbocycles. The molecule has 0 saturated heterocycles. The maximum Gasteiger partial charge on any atom is 0.146 e. The van der Waals surface area contributed by atoms with E-state index in [9.17, 15) is 4.39 Å². The minimum atomic E-state index is -0.301. The first-order chi connectivity index (χ1) is 6.59. The van der Waals surface area contributed by atoms with Crippen LogP contribution in [0, 0.1) is 9.39 Å². The van der Waals surface area contributed by atoms with Crippen molar-refractivity contribution in [1.82, 2.24) is 4.98 Å². The largest absolute Gasteiger partial charge is 0.235 e. The molecule has 0 bridgehead atoms. The third-order valence-electron chi connectivity index (χ3n) is 1.80. The fourth-order valence-corrected chi connectivity index (χ4v) is 2.06. The van der Waals surface area contributed by atoms with Crippen LogP contribution in [0.3, 0.4) is 0 Å². The number of hydrogen-bond acceptors (Lipinski definition) is 1. The van der Waals surface area contributed by atoms with Gasteiger partial charge in [0.15, 0.2) is 0 Å². The van der Waals surface area contributed by atoms with Gasteiger partial charge in [-0.3, -0.25) is 0 Å². The van der Waals surface area contributed by atoms with Crippen molar-refractivity contribution in [3.8, 4) is 0 Å². The van der Waals surface area contributed by atoms with Gasteiger partial charge in [0.25, 0.3) is 0 Å². The predicted octanol–water partition coefficient (Wildman–Crippen LogP) is 4.39. The maximum atomic E-state index is 13.6. The Hall–Kier alpha value is 0.0600. The van der Waals surface area contributed by atoms with Crippen molar-refractivity contribution in [3.05, 3.63) is 37.2 Å². The Kier molecular flexibility index (Phi) is 2.95. The number of benzene rings is 1. The molecule has 0 amide bonds. The molecule has 0 aliphatic rings. The van der Waals surface area contributed by atoms with E-state index >= 15 is 0 Å². The van der Waals surface area contributed by atoms with Crippen LogP contribution in [0.15, 0.2) is 22.7 Å². The van der Waals surface area contributed by atoms with E-state index in [1.807, 2.05) is 22.6 Å². The molecule has 1 aromatic carbocycles. The van der Waals surface area contributed by atoms with Gasteiger partial charge in [-0.1, -0.05) is 11.6 Å². The van der Waals surface area contributed by atoms with Crippen molar-refractivity contribution in [2.45, 2.75) is 0 Å². The summed E-state index contributed by atoms with van der Waals surface area (Å²) < 4.78 is 14.8. The number of nitrogens with zero attached hydrogens (tertiary/aromatic N) is 1. The minimum absolute atomic E-state index is 0.301. The van der Waals surface area contributed by atoms with E-state index in [1.54, 1.807) is 18.2 Å². The van der Waals surface area contributed by atoms with Crippen LogP contribution in [-0.4, -0.2) is 4.98 Å². The Labute approximate surface area is 107 Å². The van der Waals surface area contributed by atoms with Gasteiger partial charge in [0.1, 0.15) is 11.0 Å². The zero-order chi connectivity index (χ0) is 10.3. The average Bonchev–Trinajstić information content (AvgIpc) is 2.15. The summed E-state index contributed by atoms with van der Waals surface area (Å²) in [5.74, 6) is -0.301. The van der Waals surface area contributed by atoms with Crippen molar-refractivity contribution in [1.29, 1.82) is 0 Å². The first-order valence-corrected chi connectivity index (χ1v) is 5.94. The molecule has 5 heteroatoms. The van der Waals surface area contributed by atoms with E-state index in [0.29, 0.717) is 20.5 Å². The molecule has 1 nitrogen and oxygen atoms in total. The second kappa shape index (κ2) is 3.90. The first-order valence-electron chi connectivity index (χ1n) is 3.69. The topological polar surface area (TPSA) is 12.9 Å². The minimum Gasteiger partial charge on any atom is -0.235 e. The Morgan fingerprint density at radius 3 is 2.86 bits per heavy atom. The lowest BCUT2D eigenvalue weighted by atomic mass is 10.2. The van der Waals surface area contributed by atoms with Gasteiger partial charge in [-0.05, 0) is 56.7 Å². The van der Waals surface area contributed by atoms with Crippen LogP contribution in [-0.2, 0) is 0 Å². The molecule has 0 N–H and O–H groups in total. The van der Waals surface area contributed by atoms with E-state index in [-0.39, 0.29) is 5.82 Å². The quantitative estimate of drug-likeness (QED) is 0.483. The zero-order valence-corrected chi connectivity index (χ0v) is 11.2. The normalized spacial score (nSPS) is 10.9. The number of fused-ring (bicyclic) bond motifs is 1. The molecule has 14 heavy (non-hydrogen) atoms. The SMILES string of the molecule is Fc1c(Br)ccc2nc(Cl)c(I)cc12. The van der Waals surface area contributed by atoms with Gasteiger partial charge in [-0.25, -0.2) is 9.37 Å². The summed E-state index contributed by atoms with van der Waals surface area (Å²) in [4.78, 5) is 4.07. The molecule has 1 heterocycles. The van der Waals surface area contributed by atoms with Crippen molar-refractivity contribution in [2.24, 2.45) is 0 Å². The summed E-state index contributed by atoms with van der Waals surface area (Å²) in [7, 11) is 0. The average molecular weight is 386 g/mol. The smallest absolute Gasteiger partial charge is 0.146 e. The number of hydrogen-bond donors (Lipinski definition) is 0. The summed E-state index contributed by atoms with van der Waals surface area (Å²) in [6.45, 7) is 0. The van der Waals surface area contributed by atoms with Crippen molar-refractivity contribution >= 4 is 61.0 Å². The molecule has 0 spiro atoms. The van der Waals surface area contributed by atoms with E-state index in [0.717, 1.165) is 3.57 Å². The molecule has 0 atom stereocenters. The van der Waals surface area contributed by atoms with Crippen LogP contribution in [0.4, 0.5) is 4.39 Å². The van der Waals surface area contributed by atoms with E-state index in [2.05, 4.69) is 20.9 Å². The number of aromatic nitrogens is 1. The molecule has 0 fully saturated rings. The van der Waals surface area contributed by atoms with Crippen LogP contribution in [0.2, 0.25) is 5.15 Å². The Balaban J connectivity index is 2.89. The molecule has 2 rings (SSSR count). The van der Waals surface area contributed by atoms with E-state index < -0.39 is 0 Å². The number of rotatable bonds is 0. The van der Waals surface area contributed by atoms with E-state index in [4.69, 9.17) is 11.6 Å². The highest BCUT2D eigenvalue weighted by Gasteiger charge is 2.08. The van der Waals surface area contributed by atoms with Gasteiger partial charge in [0.2, 0.25) is 0 Å². The lowest BCUT2D eigenvalue weighted by Crippen LogP contribution is -1.88. The van der Waals surface area contributed by atoms with Crippen molar-refractivity contribution in [2.75, 3.05) is 0 Å². The summed E-state index contributed by atoms with van der Waals surface area (Å²) in [6, 6.07) is 5.03. The van der Waals surface area contributed by atoms with E-state index in [1.165, 1.54) is 0 Å². The Morgan fingerprint density at radius 2 is 2.14 bits per heavy atom. The highest BCUT2D eigenvalue weighted by atomic mass is 127. The second-order valence-electron chi connectivity index (χ2n) is 2.69. The third kappa shape index (κ3) is 1.75.